The second-order valence-corrected chi connectivity index (χ2v) is 4.06. The van der Waals surface area contributed by atoms with E-state index in [1.165, 1.54) is 6.20 Å². The van der Waals surface area contributed by atoms with E-state index in [9.17, 15) is 0 Å². The summed E-state index contributed by atoms with van der Waals surface area (Å²) in [6, 6.07) is 5.34. The van der Waals surface area contributed by atoms with E-state index in [1.54, 1.807) is 25.2 Å². The molecular formula is C11H14Cl2N4. The van der Waals surface area contributed by atoms with Gasteiger partial charge in [0.25, 0.3) is 0 Å². The fraction of sp³-hybridized carbons (Fsp3) is 0.182. The zero-order valence-corrected chi connectivity index (χ0v) is 10.9. The minimum atomic E-state index is 0.371. The first-order valence-electron chi connectivity index (χ1n) is 4.91. The maximum absolute atomic E-state index is 6.03. The normalized spacial score (nSPS) is 12.6. The van der Waals surface area contributed by atoms with Crippen LogP contribution < -0.4 is 16.8 Å². The number of rotatable bonds is 3. The van der Waals surface area contributed by atoms with Crippen LogP contribution in [0.25, 0.3) is 0 Å². The highest BCUT2D eigenvalue weighted by Gasteiger charge is 2.07. The minimum Gasteiger partial charge on any atom is -0.403 e. The van der Waals surface area contributed by atoms with Crippen molar-refractivity contribution in [1.82, 2.24) is 5.32 Å². The summed E-state index contributed by atoms with van der Waals surface area (Å²) in [7, 11) is 1.62. The number of nitrogens with zero attached hydrogens (tertiary/aromatic N) is 1. The Kier molecular flexibility index (Phi) is 5.12. The number of halogens is 2. The van der Waals surface area contributed by atoms with Crippen LogP contribution in [0.3, 0.4) is 0 Å². The third-order valence-corrected chi connectivity index (χ3v) is 2.88. The lowest BCUT2D eigenvalue weighted by molar-refractivity contribution is 0.906. The van der Waals surface area contributed by atoms with Crippen LogP contribution in [0.1, 0.15) is 5.56 Å². The van der Waals surface area contributed by atoms with Crippen molar-refractivity contribution in [2.75, 3.05) is 7.05 Å². The molecule has 0 bridgehead atoms. The van der Waals surface area contributed by atoms with Gasteiger partial charge in [-0.05, 0) is 12.1 Å². The molecule has 0 saturated heterocycles. The second-order valence-electron chi connectivity index (χ2n) is 3.25. The molecule has 4 nitrogen and oxygen atoms in total. The summed E-state index contributed by atoms with van der Waals surface area (Å²) in [5.41, 5.74) is 12.1. The molecule has 6 heteroatoms. The molecule has 0 fully saturated rings. The van der Waals surface area contributed by atoms with Gasteiger partial charge in [0.2, 0.25) is 0 Å². The highest BCUT2D eigenvalue weighted by molar-refractivity contribution is 6.36. The third-order valence-electron chi connectivity index (χ3n) is 2.17. The van der Waals surface area contributed by atoms with Crippen molar-refractivity contribution in [3.8, 4) is 0 Å². The molecule has 0 saturated carbocycles. The largest absolute Gasteiger partial charge is 0.403 e. The molecule has 1 rings (SSSR count). The maximum Gasteiger partial charge on any atom is 0.146 e. The van der Waals surface area contributed by atoms with Gasteiger partial charge in [0.05, 0.1) is 5.70 Å². The number of benzene rings is 1. The fourth-order valence-electron chi connectivity index (χ4n) is 1.26. The van der Waals surface area contributed by atoms with Crippen LogP contribution >= 0.6 is 23.2 Å². The molecule has 0 amide bonds. The summed E-state index contributed by atoms with van der Waals surface area (Å²) < 4.78 is 0. The number of amidine groups is 1. The van der Waals surface area contributed by atoms with Crippen molar-refractivity contribution in [2.45, 2.75) is 6.54 Å². The number of aliphatic imine (C=N–C) groups is 1. The molecule has 0 aliphatic rings. The van der Waals surface area contributed by atoms with E-state index in [2.05, 4.69) is 10.3 Å². The Balaban J connectivity index is 2.80. The van der Waals surface area contributed by atoms with E-state index in [1.807, 2.05) is 0 Å². The summed E-state index contributed by atoms with van der Waals surface area (Å²) in [5, 5.41) is 4.21. The minimum absolute atomic E-state index is 0.371. The van der Waals surface area contributed by atoms with Gasteiger partial charge in [-0.3, -0.25) is 4.99 Å². The first-order valence-corrected chi connectivity index (χ1v) is 5.67. The quantitative estimate of drug-likeness (QED) is 0.581. The molecule has 1 aromatic carbocycles. The predicted octanol–water partition coefficient (Wildman–Crippen LogP) is 1.87. The van der Waals surface area contributed by atoms with Gasteiger partial charge in [0.15, 0.2) is 0 Å². The summed E-state index contributed by atoms with van der Waals surface area (Å²) >= 11 is 12.1. The molecule has 0 heterocycles. The average Bonchev–Trinajstić information content (AvgIpc) is 2.32. The van der Waals surface area contributed by atoms with E-state index < -0.39 is 0 Å². The third kappa shape index (κ3) is 3.54. The lowest BCUT2D eigenvalue weighted by Gasteiger charge is -2.11. The smallest absolute Gasteiger partial charge is 0.146 e. The van der Waals surface area contributed by atoms with Crippen LogP contribution in [0, 0.1) is 0 Å². The lowest BCUT2D eigenvalue weighted by atomic mass is 10.2. The first kappa shape index (κ1) is 13.7. The summed E-state index contributed by atoms with van der Waals surface area (Å²) in [6.45, 7) is 0.430. The van der Waals surface area contributed by atoms with Gasteiger partial charge >= 0.3 is 0 Å². The van der Waals surface area contributed by atoms with Crippen molar-refractivity contribution in [3.63, 3.8) is 0 Å². The molecule has 1 aromatic rings. The van der Waals surface area contributed by atoms with Crippen LogP contribution in [0.5, 0.6) is 0 Å². The standard InChI is InChI=1S/C11H14Cl2N4/c1-16-11(10(15)5-14)17-6-7-8(12)3-2-4-9(7)13/h2-5H,6,14-15H2,1H3,(H,16,17)/b10-5+. The maximum atomic E-state index is 6.03. The van der Waals surface area contributed by atoms with E-state index in [0.717, 1.165) is 5.56 Å². The van der Waals surface area contributed by atoms with E-state index in [0.29, 0.717) is 28.1 Å². The molecule has 0 unspecified atom stereocenters. The first-order chi connectivity index (χ1) is 8.10. The molecule has 17 heavy (non-hydrogen) atoms. The molecule has 0 spiro atoms. The summed E-state index contributed by atoms with van der Waals surface area (Å²) in [4.78, 5) is 3.98. The number of nitrogens with two attached hydrogens (primary N) is 2. The van der Waals surface area contributed by atoms with Gasteiger partial charge < -0.3 is 16.8 Å². The van der Waals surface area contributed by atoms with E-state index in [4.69, 9.17) is 34.7 Å². The van der Waals surface area contributed by atoms with Crippen LogP contribution in [0.15, 0.2) is 35.1 Å². The summed E-state index contributed by atoms with van der Waals surface area (Å²) in [6.07, 6.45) is 1.28. The van der Waals surface area contributed by atoms with Crippen LogP contribution in [-0.2, 0) is 6.54 Å². The highest BCUT2D eigenvalue weighted by atomic mass is 35.5. The Morgan fingerprint density at radius 2 is 2.00 bits per heavy atom. The molecule has 0 aliphatic heterocycles. The average molecular weight is 273 g/mol. The van der Waals surface area contributed by atoms with Crippen LogP contribution in [-0.4, -0.2) is 12.9 Å². The molecular weight excluding hydrogens is 259 g/mol. The highest BCUT2D eigenvalue weighted by Crippen LogP contribution is 2.23. The van der Waals surface area contributed by atoms with Crippen LogP contribution in [0.4, 0.5) is 0 Å². The van der Waals surface area contributed by atoms with Crippen molar-refractivity contribution in [1.29, 1.82) is 0 Å². The molecule has 92 valence electrons. The van der Waals surface area contributed by atoms with Gasteiger partial charge in [-0.15, -0.1) is 0 Å². The zero-order chi connectivity index (χ0) is 12.8. The van der Waals surface area contributed by atoms with Crippen LogP contribution in [0.2, 0.25) is 10.0 Å². The van der Waals surface area contributed by atoms with Crippen molar-refractivity contribution in [3.05, 3.63) is 45.7 Å². The van der Waals surface area contributed by atoms with Crippen molar-refractivity contribution in [2.24, 2.45) is 16.5 Å². The summed E-state index contributed by atoms with van der Waals surface area (Å²) in [5.74, 6) is 0.503. The fourth-order valence-corrected chi connectivity index (χ4v) is 1.79. The van der Waals surface area contributed by atoms with Gasteiger partial charge in [-0.2, -0.15) is 0 Å². The Hall–Kier alpha value is -1.39. The Morgan fingerprint density at radius 1 is 1.41 bits per heavy atom. The monoisotopic (exact) mass is 272 g/mol. The van der Waals surface area contributed by atoms with E-state index in [-0.39, 0.29) is 0 Å². The molecule has 5 N–H and O–H groups in total. The molecule has 0 radical (unpaired) electrons. The Labute approximate surface area is 110 Å². The molecule has 0 aliphatic carbocycles. The number of nitrogens with one attached hydrogen (secondary N) is 1. The zero-order valence-electron chi connectivity index (χ0n) is 9.37. The molecule has 0 aromatic heterocycles. The molecule has 0 atom stereocenters. The van der Waals surface area contributed by atoms with Gasteiger partial charge in [0, 0.05) is 35.4 Å². The van der Waals surface area contributed by atoms with Gasteiger partial charge in [-0.25, -0.2) is 0 Å². The topological polar surface area (TPSA) is 76.4 Å². The number of hydrogen-bond donors (Lipinski definition) is 3. The van der Waals surface area contributed by atoms with Crippen molar-refractivity contribution < 1.29 is 0 Å². The Morgan fingerprint density at radius 3 is 2.47 bits per heavy atom. The SMILES string of the molecule is CN=C(NCc1c(Cl)cccc1Cl)/C(N)=C\N. The lowest BCUT2D eigenvalue weighted by Crippen LogP contribution is -2.29. The van der Waals surface area contributed by atoms with Crippen molar-refractivity contribution >= 4 is 29.0 Å². The van der Waals surface area contributed by atoms with E-state index >= 15 is 0 Å². The van der Waals surface area contributed by atoms with Gasteiger partial charge in [0.1, 0.15) is 5.84 Å². The Bertz CT molecular complexity index is 435. The predicted molar refractivity (Wildman–Crippen MR) is 73.1 cm³/mol. The number of hydrogen-bond acceptors (Lipinski definition) is 3. The second kappa shape index (κ2) is 6.37. The van der Waals surface area contributed by atoms with Gasteiger partial charge in [-0.1, -0.05) is 29.3 Å².